The van der Waals surface area contributed by atoms with E-state index in [2.05, 4.69) is 38.4 Å². The molecular weight excluding hydrogens is 328 g/mol. The highest BCUT2D eigenvalue weighted by Gasteiger charge is 2.27. The lowest BCUT2D eigenvalue weighted by Gasteiger charge is -2.41. The molecule has 1 aliphatic heterocycles. The number of imidazole rings is 1. The van der Waals surface area contributed by atoms with Crippen LogP contribution in [0.1, 0.15) is 24.7 Å². The second kappa shape index (κ2) is 9.16. The molecule has 1 saturated heterocycles. The number of methoxy groups -OCH3 is 1. The monoisotopic (exact) mass is 358 g/mol. The second-order valence-electron chi connectivity index (χ2n) is 6.85. The lowest BCUT2D eigenvalue weighted by molar-refractivity contribution is 0.0482. The fourth-order valence-electron chi connectivity index (χ4n) is 3.72. The van der Waals surface area contributed by atoms with Crippen molar-refractivity contribution in [3.8, 4) is 5.75 Å². The topological polar surface area (TPSA) is 53.8 Å². The van der Waals surface area contributed by atoms with Crippen molar-refractivity contribution in [3.63, 3.8) is 0 Å². The molecule has 0 bridgehead atoms. The number of piperazine rings is 1. The van der Waals surface area contributed by atoms with Gasteiger partial charge in [0.25, 0.3) is 0 Å². The third-order valence-corrected chi connectivity index (χ3v) is 5.18. The molecule has 6 nitrogen and oxygen atoms in total. The van der Waals surface area contributed by atoms with Gasteiger partial charge < -0.3 is 14.4 Å². The first-order valence-electron chi connectivity index (χ1n) is 9.43. The van der Waals surface area contributed by atoms with E-state index in [4.69, 9.17) is 4.74 Å². The number of aromatic nitrogens is 2. The Kier molecular flexibility index (Phi) is 6.66. The van der Waals surface area contributed by atoms with Gasteiger partial charge in [-0.25, -0.2) is 4.98 Å². The molecule has 3 rings (SSSR count). The predicted octanol–water partition coefficient (Wildman–Crippen LogP) is 1.98. The molecule has 0 unspecified atom stereocenters. The van der Waals surface area contributed by atoms with Gasteiger partial charge in [0, 0.05) is 57.8 Å². The molecular formula is C20H30N4O2. The van der Waals surface area contributed by atoms with Crippen LogP contribution in [0.4, 0.5) is 0 Å². The van der Waals surface area contributed by atoms with Crippen molar-refractivity contribution in [2.24, 2.45) is 0 Å². The van der Waals surface area contributed by atoms with Gasteiger partial charge in [0.15, 0.2) is 0 Å². The third-order valence-electron chi connectivity index (χ3n) is 5.18. The Morgan fingerprint density at radius 2 is 2.15 bits per heavy atom. The van der Waals surface area contributed by atoms with Crippen molar-refractivity contribution in [2.45, 2.75) is 39.0 Å². The highest BCUT2D eigenvalue weighted by atomic mass is 16.5. The maximum absolute atomic E-state index is 9.53. The lowest BCUT2D eigenvalue weighted by Crippen LogP contribution is -2.52. The van der Waals surface area contributed by atoms with Crippen LogP contribution in [-0.4, -0.2) is 63.9 Å². The quantitative estimate of drug-likeness (QED) is 0.782. The minimum Gasteiger partial charge on any atom is -0.497 e. The summed E-state index contributed by atoms with van der Waals surface area (Å²) in [5, 5.41) is 9.53. The summed E-state index contributed by atoms with van der Waals surface area (Å²) < 4.78 is 7.54. The van der Waals surface area contributed by atoms with E-state index in [0.717, 1.165) is 57.3 Å². The highest BCUT2D eigenvalue weighted by molar-refractivity contribution is 5.28. The summed E-state index contributed by atoms with van der Waals surface area (Å²) in [6.07, 6.45) is 4.71. The number of hydrogen-bond acceptors (Lipinski definition) is 5. The number of aryl methyl sites for hydroxylation is 1. The number of aliphatic hydroxyl groups excluding tert-OH is 1. The number of benzene rings is 1. The van der Waals surface area contributed by atoms with Crippen LogP contribution in [0.2, 0.25) is 0 Å². The van der Waals surface area contributed by atoms with E-state index in [-0.39, 0.29) is 6.61 Å². The Balaban J connectivity index is 1.64. The molecule has 0 spiro atoms. The van der Waals surface area contributed by atoms with Crippen LogP contribution in [-0.2, 0) is 19.6 Å². The van der Waals surface area contributed by atoms with E-state index in [1.54, 1.807) is 7.11 Å². The largest absolute Gasteiger partial charge is 0.497 e. The summed E-state index contributed by atoms with van der Waals surface area (Å²) >= 11 is 0. The average molecular weight is 358 g/mol. The van der Waals surface area contributed by atoms with E-state index in [0.29, 0.717) is 6.04 Å². The van der Waals surface area contributed by atoms with Crippen molar-refractivity contribution in [1.82, 2.24) is 19.4 Å². The molecule has 0 saturated carbocycles. The van der Waals surface area contributed by atoms with Gasteiger partial charge >= 0.3 is 0 Å². The highest BCUT2D eigenvalue weighted by Crippen LogP contribution is 2.20. The maximum Gasteiger partial charge on any atom is 0.122 e. The number of ether oxygens (including phenoxy) is 1. The molecule has 0 amide bonds. The molecule has 2 heterocycles. The molecule has 1 N–H and O–H groups in total. The molecule has 1 fully saturated rings. The zero-order valence-electron chi connectivity index (χ0n) is 15.8. The summed E-state index contributed by atoms with van der Waals surface area (Å²) in [6, 6.07) is 8.60. The fourth-order valence-corrected chi connectivity index (χ4v) is 3.72. The van der Waals surface area contributed by atoms with E-state index in [9.17, 15) is 5.11 Å². The molecule has 142 valence electrons. The fraction of sp³-hybridized carbons (Fsp3) is 0.550. The van der Waals surface area contributed by atoms with Crippen LogP contribution >= 0.6 is 0 Å². The Hall–Kier alpha value is -1.89. The maximum atomic E-state index is 9.53. The molecule has 0 aliphatic carbocycles. The Morgan fingerprint density at radius 1 is 1.27 bits per heavy atom. The first-order valence-corrected chi connectivity index (χ1v) is 9.43. The summed E-state index contributed by atoms with van der Waals surface area (Å²) in [6.45, 7) is 8.04. The first-order chi connectivity index (χ1) is 12.7. The standard InChI is InChI=1S/C20H30N4O2/c1-3-23-9-8-21-20(23)16-22-10-11-24(18(15-22)7-12-25)14-17-5-4-6-19(13-17)26-2/h4-6,8-9,13,18,25H,3,7,10-12,14-16H2,1-2H3/t18-/m0/s1. The van der Waals surface area contributed by atoms with Gasteiger partial charge in [-0.15, -0.1) is 0 Å². The SMILES string of the molecule is CCn1ccnc1CN1CCN(Cc2cccc(OC)c2)[C@@H](CCO)C1. The Labute approximate surface area is 156 Å². The van der Waals surface area contributed by atoms with Crippen molar-refractivity contribution >= 4 is 0 Å². The summed E-state index contributed by atoms with van der Waals surface area (Å²) in [5.41, 5.74) is 1.25. The molecule has 1 aliphatic rings. The third kappa shape index (κ3) is 4.63. The molecule has 1 atom stereocenters. The van der Waals surface area contributed by atoms with Crippen LogP contribution in [0, 0.1) is 0 Å². The van der Waals surface area contributed by atoms with Gasteiger partial charge in [0.05, 0.1) is 13.7 Å². The van der Waals surface area contributed by atoms with Gasteiger partial charge in [-0.05, 0) is 31.0 Å². The van der Waals surface area contributed by atoms with Gasteiger partial charge in [-0.3, -0.25) is 9.80 Å². The molecule has 1 aromatic heterocycles. The zero-order valence-corrected chi connectivity index (χ0v) is 15.8. The number of aliphatic hydroxyl groups is 1. The van der Waals surface area contributed by atoms with Crippen molar-refractivity contribution in [1.29, 1.82) is 0 Å². The number of rotatable bonds is 8. The Morgan fingerprint density at radius 3 is 2.92 bits per heavy atom. The minimum absolute atomic E-state index is 0.219. The van der Waals surface area contributed by atoms with E-state index < -0.39 is 0 Å². The van der Waals surface area contributed by atoms with Crippen LogP contribution in [0.25, 0.3) is 0 Å². The molecule has 1 aromatic carbocycles. The predicted molar refractivity (Wildman–Crippen MR) is 102 cm³/mol. The van der Waals surface area contributed by atoms with Crippen LogP contribution in [0.15, 0.2) is 36.7 Å². The van der Waals surface area contributed by atoms with Gasteiger partial charge in [0.1, 0.15) is 11.6 Å². The zero-order chi connectivity index (χ0) is 18.4. The normalized spacial score (nSPS) is 19.0. The minimum atomic E-state index is 0.219. The first kappa shape index (κ1) is 18.9. The van der Waals surface area contributed by atoms with Crippen LogP contribution in [0.5, 0.6) is 5.75 Å². The average Bonchev–Trinajstić information content (AvgIpc) is 3.11. The van der Waals surface area contributed by atoms with E-state index in [1.807, 2.05) is 24.5 Å². The van der Waals surface area contributed by atoms with Gasteiger partial charge in [-0.2, -0.15) is 0 Å². The Bertz CT molecular complexity index is 688. The molecule has 26 heavy (non-hydrogen) atoms. The van der Waals surface area contributed by atoms with Gasteiger partial charge in [0.2, 0.25) is 0 Å². The summed E-state index contributed by atoms with van der Waals surface area (Å²) in [4.78, 5) is 9.44. The van der Waals surface area contributed by atoms with Crippen molar-refractivity contribution in [2.75, 3.05) is 33.4 Å². The molecule has 2 aromatic rings. The molecule has 0 radical (unpaired) electrons. The second-order valence-corrected chi connectivity index (χ2v) is 6.85. The van der Waals surface area contributed by atoms with E-state index >= 15 is 0 Å². The smallest absolute Gasteiger partial charge is 0.122 e. The van der Waals surface area contributed by atoms with E-state index in [1.165, 1.54) is 5.56 Å². The summed E-state index contributed by atoms with van der Waals surface area (Å²) in [7, 11) is 1.70. The molecule has 6 heteroatoms. The van der Waals surface area contributed by atoms with Gasteiger partial charge in [-0.1, -0.05) is 12.1 Å². The number of hydrogen-bond donors (Lipinski definition) is 1. The van der Waals surface area contributed by atoms with Crippen LogP contribution < -0.4 is 4.74 Å². The lowest BCUT2D eigenvalue weighted by atomic mass is 10.1. The van der Waals surface area contributed by atoms with Crippen molar-refractivity contribution in [3.05, 3.63) is 48.0 Å². The van der Waals surface area contributed by atoms with Crippen LogP contribution in [0.3, 0.4) is 0 Å². The van der Waals surface area contributed by atoms with Crippen molar-refractivity contribution < 1.29 is 9.84 Å². The number of nitrogens with zero attached hydrogens (tertiary/aromatic N) is 4. The summed E-state index contributed by atoms with van der Waals surface area (Å²) in [5.74, 6) is 2.02.